The van der Waals surface area contributed by atoms with Crippen molar-refractivity contribution in [3.8, 4) is 5.75 Å². The SMILES string of the molecule is CCc1ccc(N2C(=O)NC(=O)/C(=C/c3cccn3CCOc3ccc(Cl)cc3)C2=O)cc1. The summed E-state index contributed by atoms with van der Waals surface area (Å²) in [4.78, 5) is 38.9. The fourth-order valence-electron chi connectivity index (χ4n) is 3.48. The maximum Gasteiger partial charge on any atom is 0.335 e. The first-order valence-electron chi connectivity index (χ1n) is 10.5. The number of amides is 4. The van der Waals surface area contributed by atoms with Crippen LogP contribution in [0.15, 0.2) is 72.4 Å². The largest absolute Gasteiger partial charge is 0.492 e. The molecule has 0 atom stereocenters. The summed E-state index contributed by atoms with van der Waals surface area (Å²) >= 11 is 5.89. The molecule has 8 heteroatoms. The average molecular weight is 464 g/mol. The van der Waals surface area contributed by atoms with Crippen LogP contribution >= 0.6 is 11.6 Å². The summed E-state index contributed by atoms with van der Waals surface area (Å²) in [6.45, 7) is 2.88. The Bertz CT molecular complexity index is 1210. The molecule has 33 heavy (non-hydrogen) atoms. The van der Waals surface area contributed by atoms with Gasteiger partial charge in [-0.25, -0.2) is 9.69 Å². The summed E-state index contributed by atoms with van der Waals surface area (Å²) < 4.78 is 7.59. The van der Waals surface area contributed by atoms with Crippen LogP contribution < -0.4 is 15.0 Å². The van der Waals surface area contributed by atoms with Crippen molar-refractivity contribution in [3.63, 3.8) is 0 Å². The van der Waals surface area contributed by atoms with Crippen LogP contribution in [-0.2, 0) is 22.6 Å². The van der Waals surface area contributed by atoms with Gasteiger partial charge in [0.25, 0.3) is 11.8 Å². The summed E-state index contributed by atoms with van der Waals surface area (Å²) in [5.41, 5.74) is 2.01. The number of benzene rings is 2. The smallest absolute Gasteiger partial charge is 0.335 e. The summed E-state index contributed by atoms with van der Waals surface area (Å²) in [5, 5.41) is 2.88. The number of urea groups is 1. The van der Waals surface area contributed by atoms with Crippen LogP contribution in [0.4, 0.5) is 10.5 Å². The number of imide groups is 2. The molecule has 3 aromatic rings. The summed E-state index contributed by atoms with van der Waals surface area (Å²) in [7, 11) is 0. The number of carbonyl (C=O) groups excluding carboxylic acids is 3. The number of halogens is 1. The third-order valence-electron chi connectivity index (χ3n) is 5.28. The van der Waals surface area contributed by atoms with Gasteiger partial charge in [-0.05, 0) is 66.6 Å². The van der Waals surface area contributed by atoms with Gasteiger partial charge in [0.15, 0.2) is 0 Å². The molecule has 0 spiro atoms. The van der Waals surface area contributed by atoms with E-state index in [2.05, 4.69) is 5.32 Å². The lowest BCUT2D eigenvalue weighted by Gasteiger charge is -2.26. The standard InChI is InChI=1S/C25H22ClN3O4/c1-2-17-5-9-19(10-6-17)29-24(31)22(23(30)27-25(29)32)16-20-4-3-13-28(20)14-15-33-21-11-7-18(26)8-12-21/h3-13,16H,2,14-15H2,1H3,(H,27,30,32)/b22-16-. The molecule has 1 aliphatic rings. The van der Waals surface area contributed by atoms with Crippen molar-refractivity contribution in [2.75, 3.05) is 11.5 Å². The van der Waals surface area contributed by atoms with Gasteiger partial charge in [0, 0.05) is 16.9 Å². The van der Waals surface area contributed by atoms with E-state index in [1.807, 2.05) is 35.9 Å². The highest BCUT2D eigenvalue weighted by molar-refractivity contribution is 6.39. The number of rotatable bonds is 7. The number of barbiturate groups is 1. The van der Waals surface area contributed by atoms with Gasteiger partial charge >= 0.3 is 6.03 Å². The first-order chi connectivity index (χ1) is 16.0. The zero-order chi connectivity index (χ0) is 23.4. The molecule has 1 saturated heterocycles. The van der Waals surface area contributed by atoms with Crippen molar-refractivity contribution in [2.45, 2.75) is 19.9 Å². The maximum atomic E-state index is 13.1. The van der Waals surface area contributed by atoms with Gasteiger partial charge in [0.05, 0.1) is 12.2 Å². The van der Waals surface area contributed by atoms with Gasteiger partial charge in [0.1, 0.15) is 17.9 Å². The van der Waals surface area contributed by atoms with Crippen LogP contribution in [-0.4, -0.2) is 29.0 Å². The van der Waals surface area contributed by atoms with Gasteiger partial charge in [-0.1, -0.05) is 30.7 Å². The number of hydrogen-bond acceptors (Lipinski definition) is 4. The van der Waals surface area contributed by atoms with Crippen molar-refractivity contribution in [1.29, 1.82) is 0 Å². The zero-order valence-electron chi connectivity index (χ0n) is 18.0. The number of aromatic nitrogens is 1. The Morgan fingerprint density at radius 3 is 2.42 bits per heavy atom. The molecule has 4 rings (SSSR count). The second kappa shape index (κ2) is 9.75. The minimum absolute atomic E-state index is 0.118. The van der Waals surface area contributed by atoms with Crippen molar-refractivity contribution in [3.05, 3.63) is 88.7 Å². The normalized spacial score (nSPS) is 15.2. The second-order valence-corrected chi connectivity index (χ2v) is 7.84. The topological polar surface area (TPSA) is 80.6 Å². The molecule has 4 amide bonds. The van der Waals surface area contributed by atoms with E-state index in [0.29, 0.717) is 35.3 Å². The molecular weight excluding hydrogens is 442 g/mol. The monoisotopic (exact) mass is 463 g/mol. The fourth-order valence-corrected chi connectivity index (χ4v) is 3.60. The van der Waals surface area contributed by atoms with Gasteiger partial charge in [0.2, 0.25) is 0 Å². The Kier molecular flexibility index (Phi) is 6.60. The number of carbonyl (C=O) groups is 3. The first kappa shape index (κ1) is 22.4. The van der Waals surface area contributed by atoms with E-state index in [-0.39, 0.29) is 5.57 Å². The molecule has 0 radical (unpaired) electrons. The minimum atomic E-state index is -0.766. The molecular formula is C25H22ClN3O4. The van der Waals surface area contributed by atoms with Crippen LogP contribution in [0.2, 0.25) is 5.02 Å². The average Bonchev–Trinajstić information content (AvgIpc) is 3.25. The van der Waals surface area contributed by atoms with E-state index >= 15 is 0 Å². The van der Waals surface area contributed by atoms with Crippen LogP contribution in [0, 0.1) is 0 Å². The van der Waals surface area contributed by atoms with E-state index in [0.717, 1.165) is 16.9 Å². The molecule has 2 aromatic carbocycles. The maximum absolute atomic E-state index is 13.1. The highest BCUT2D eigenvalue weighted by atomic mass is 35.5. The molecule has 0 bridgehead atoms. The quantitative estimate of drug-likeness (QED) is 0.414. The minimum Gasteiger partial charge on any atom is -0.492 e. The molecule has 1 fully saturated rings. The lowest BCUT2D eigenvalue weighted by Crippen LogP contribution is -2.54. The fraction of sp³-hybridized carbons (Fsp3) is 0.160. The Labute approximate surface area is 196 Å². The second-order valence-electron chi connectivity index (χ2n) is 7.41. The van der Waals surface area contributed by atoms with E-state index < -0.39 is 17.8 Å². The zero-order valence-corrected chi connectivity index (χ0v) is 18.7. The highest BCUT2D eigenvalue weighted by Gasteiger charge is 2.36. The Hall–Kier alpha value is -3.84. The molecule has 1 N–H and O–H groups in total. The summed E-state index contributed by atoms with van der Waals surface area (Å²) in [6, 6.07) is 17.0. The number of ether oxygens (including phenoxy) is 1. The van der Waals surface area contributed by atoms with Crippen LogP contribution in [0.25, 0.3) is 6.08 Å². The number of anilines is 1. The Morgan fingerprint density at radius 2 is 1.73 bits per heavy atom. The molecule has 1 aliphatic heterocycles. The van der Waals surface area contributed by atoms with E-state index in [4.69, 9.17) is 16.3 Å². The van der Waals surface area contributed by atoms with Gasteiger partial charge in [-0.3, -0.25) is 14.9 Å². The van der Waals surface area contributed by atoms with Crippen molar-refractivity contribution < 1.29 is 19.1 Å². The van der Waals surface area contributed by atoms with E-state index in [9.17, 15) is 14.4 Å². The Morgan fingerprint density at radius 1 is 1.00 bits per heavy atom. The predicted molar refractivity (Wildman–Crippen MR) is 126 cm³/mol. The third kappa shape index (κ3) is 4.99. The number of nitrogens with one attached hydrogen (secondary N) is 1. The predicted octanol–water partition coefficient (Wildman–Crippen LogP) is 4.45. The summed E-state index contributed by atoms with van der Waals surface area (Å²) in [5.74, 6) is -0.703. The van der Waals surface area contributed by atoms with Crippen molar-refractivity contribution in [2.24, 2.45) is 0 Å². The number of nitrogens with zero attached hydrogens (tertiary/aromatic N) is 2. The van der Waals surface area contributed by atoms with Gasteiger partial charge in [-0.15, -0.1) is 0 Å². The molecule has 0 unspecified atom stereocenters. The molecule has 7 nitrogen and oxygen atoms in total. The van der Waals surface area contributed by atoms with E-state index in [1.54, 1.807) is 42.5 Å². The molecule has 0 saturated carbocycles. The number of aryl methyl sites for hydroxylation is 1. The first-order valence-corrected chi connectivity index (χ1v) is 10.9. The third-order valence-corrected chi connectivity index (χ3v) is 5.53. The molecule has 0 aliphatic carbocycles. The molecule has 168 valence electrons. The highest BCUT2D eigenvalue weighted by Crippen LogP contribution is 2.23. The van der Waals surface area contributed by atoms with Crippen LogP contribution in [0.1, 0.15) is 18.2 Å². The van der Waals surface area contributed by atoms with E-state index in [1.165, 1.54) is 6.08 Å². The molecule has 2 heterocycles. The van der Waals surface area contributed by atoms with Gasteiger partial charge in [-0.2, -0.15) is 0 Å². The molecule has 1 aromatic heterocycles. The summed E-state index contributed by atoms with van der Waals surface area (Å²) in [6.07, 6.45) is 4.15. The van der Waals surface area contributed by atoms with Crippen LogP contribution in [0.3, 0.4) is 0 Å². The van der Waals surface area contributed by atoms with Gasteiger partial charge < -0.3 is 9.30 Å². The lowest BCUT2D eigenvalue weighted by molar-refractivity contribution is -0.122. The van der Waals surface area contributed by atoms with Crippen molar-refractivity contribution >= 4 is 41.2 Å². The lowest BCUT2D eigenvalue weighted by atomic mass is 10.1. The number of hydrogen-bond donors (Lipinski definition) is 1. The van der Waals surface area contributed by atoms with Crippen molar-refractivity contribution in [1.82, 2.24) is 9.88 Å². The van der Waals surface area contributed by atoms with Crippen LogP contribution in [0.5, 0.6) is 5.75 Å². The Balaban J connectivity index is 1.52.